The standard InChI is InChI=1S/C13H8O2S3/c14-6-11-12(7-15)18-13(17-11)10(8-16)9-4-2-1-3-5-9/h1-8H. The second-order valence-electron chi connectivity index (χ2n) is 3.35. The van der Waals surface area contributed by atoms with Crippen LogP contribution in [-0.4, -0.2) is 17.9 Å². The van der Waals surface area contributed by atoms with E-state index in [9.17, 15) is 9.59 Å². The highest BCUT2D eigenvalue weighted by molar-refractivity contribution is 8.29. The number of aldehydes is 2. The third-order valence-corrected chi connectivity index (χ3v) is 5.03. The largest absolute Gasteiger partial charge is 0.297 e. The van der Waals surface area contributed by atoms with Crippen molar-refractivity contribution in [1.82, 2.24) is 0 Å². The molecule has 0 saturated carbocycles. The maximum Gasteiger partial charge on any atom is 0.158 e. The van der Waals surface area contributed by atoms with Crippen molar-refractivity contribution >= 4 is 59.3 Å². The SMILES string of the molecule is O=CC1=C(C=O)SC(=C(C=S)c2ccccc2)S1. The van der Waals surface area contributed by atoms with Crippen LogP contribution >= 0.6 is 35.7 Å². The molecule has 0 aromatic heterocycles. The van der Waals surface area contributed by atoms with Crippen molar-refractivity contribution in [3.63, 3.8) is 0 Å². The lowest BCUT2D eigenvalue weighted by Gasteiger charge is -2.05. The van der Waals surface area contributed by atoms with Gasteiger partial charge in [0.05, 0.1) is 14.0 Å². The molecule has 18 heavy (non-hydrogen) atoms. The summed E-state index contributed by atoms with van der Waals surface area (Å²) in [6, 6.07) is 9.68. The van der Waals surface area contributed by atoms with Crippen LogP contribution in [0.2, 0.25) is 0 Å². The molecule has 90 valence electrons. The second-order valence-corrected chi connectivity index (χ2v) is 5.95. The van der Waals surface area contributed by atoms with Crippen LogP contribution in [0.5, 0.6) is 0 Å². The molecule has 0 N–H and O–H groups in total. The molecule has 0 spiro atoms. The van der Waals surface area contributed by atoms with Crippen LogP contribution in [0.3, 0.4) is 0 Å². The molecule has 0 aliphatic carbocycles. The summed E-state index contributed by atoms with van der Waals surface area (Å²) >= 11 is 7.63. The Bertz CT molecular complexity index is 537. The molecule has 0 unspecified atom stereocenters. The Balaban J connectivity index is 2.41. The first-order chi connectivity index (χ1) is 8.80. The van der Waals surface area contributed by atoms with Gasteiger partial charge >= 0.3 is 0 Å². The quantitative estimate of drug-likeness (QED) is 0.482. The number of thiocarbonyl (C=S) groups is 1. The summed E-state index contributed by atoms with van der Waals surface area (Å²) in [6.45, 7) is 0. The number of hydrogen-bond donors (Lipinski definition) is 0. The van der Waals surface area contributed by atoms with Gasteiger partial charge in [-0.25, -0.2) is 0 Å². The number of carbonyl (C=O) groups excluding carboxylic acids is 2. The predicted octanol–water partition coefficient (Wildman–Crippen LogP) is 3.44. The average molecular weight is 292 g/mol. The normalized spacial score (nSPS) is 14.6. The Hall–Kier alpha value is -1.17. The lowest BCUT2D eigenvalue weighted by Crippen LogP contribution is -1.85. The van der Waals surface area contributed by atoms with Gasteiger partial charge in [-0.15, -0.1) is 0 Å². The minimum atomic E-state index is 0.454. The molecule has 0 saturated heterocycles. The predicted molar refractivity (Wildman–Crippen MR) is 81.4 cm³/mol. The Kier molecular flexibility index (Phi) is 4.52. The molecule has 2 nitrogen and oxygen atoms in total. The number of hydrogen-bond acceptors (Lipinski definition) is 5. The lowest BCUT2D eigenvalue weighted by atomic mass is 10.1. The van der Waals surface area contributed by atoms with Gasteiger partial charge in [0.1, 0.15) is 0 Å². The van der Waals surface area contributed by atoms with Crippen molar-refractivity contribution < 1.29 is 9.59 Å². The van der Waals surface area contributed by atoms with Crippen molar-refractivity contribution in [1.29, 1.82) is 0 Å². The van der Waals surface area contributed by atoms with Gasteiger partial charge in [0.15, 0.2) is 12.6 Å². The van der Waals surface area contributed by atoms with E-state index in [1.165, 1.54) is 23.5 Å². The van der Waals surface area contributed by atoms with Crippen LogP contribution in [0.15, 0.2) is 44.4 Å². The van der Waals surface area contributed by atoms with Crippen LogP contribution in [-0.2, 0) is 9.59 Å². The first-order valence-electron chi connectivity index (χ1n) is 5.05. The molecule has 0 bridgehead atoms. The highest BCUT2D eigenvalue weighted by Crippen LogP contribution is 2.50. The number of carbonyl (C=O) groups is 2. The van der Waals surface area contributed by atoms with E-state index in [0.717, 1.165) is 15.4 Å². The van der Waals surface area contributed by atoms with Gasteiger partial charge in [0.2, 0.25) is 0 Å². The third-order valence-electron chi connectivity index (χ3n) is 2.28. The van der Waals surface area contributed by atoms with Crippen molar-refractivity contribution in [3.05, 3.63) is 49.9 Å². The fourth-order valence-corrected chi connectivity index (χ4v) is 4.17. The molecule has 0 atom stereocenters. The summed E-state index contributed by atoms with van der Waals surface area (Å²) in [5, 5.41) is 1.58. The monoisotopic (exact) mass is 292 g/mol. The molecule has 1 aromatic carbocycles. The van der Waals surface area contributed by atoms with E-state index in [1.807, 2.05) is 30.3 Å². The van der Waals surface area contributed by atoms with Crippen LogP contribution in [0.1, 0.15) is 5.56 Å². The molecular formula is C13H8O2S3. The minimum absolute atomic E-state index is 0.454. The van der Waals surface area contributed by atoms with E-state index in [-0.39, 0.29) is 0 Å². The van der Waals surface area contributed by atoms with Gasteiger partial charge < -0.3 is 0 Å². The first kappa shape index (κ1) is 13.3. The topological polar surface area (TPSA) is 34.1 Å². The Morgan fingerprint density at radius 3 is 2.00 bits per heavy atom. The molecule has 5 heteroatoms. The van der Waals surface area contributed by atoms with E-state index >= 15 is 0 Å². The summed E-state index contributed by atoms with van der Waals surface area (Å²) in [5.41, 5.74) is 1.86. The van der Waals surface area contributed by atoms with Crippen molar-refractivity contribution in [2.45, 2.75) is 0 Å². The van der Waals surface area contributed by atoms with Crippen LogP contribution < -0.4 is 0 Å². The number of benzene rings is 1. The van der Waals surface area contributed by atoms with E-state index in [1.54, 1.807) is 5.37 Å². The number of allylic oxidation sites excluding steroid dienone is 3. The fourth-order valence-electron chi connectivity index (χ4n) is 1.45. The zero-order valence-corrected chi connectivity index (χ0v) is 11.6. The van der Waals surface area contributed by atoms with Crippen molar-refractivity contribution in [2.75, 3.05) is 0 Å². The van der Waals surface area contributed by atoms with Crippen molar-refractivity contribution in [3.8, 4) is 0 Å². The Labute approximate surface area is 119 Å². The van der Waals surface area contributed by atoms with E-state index < -0.39 is 0 Å². The molecule has 1 aliphatic heterocycles. The molecule has 0 radical (unpaired) electrons. The molecule has 1 aromatic rings. The highest BCUT2D eigenvalue weighted by Gasteiger charge is 2.23. The summed E-state index contributed by atoms with van der Waals surface area (Å²) in [5.74, 6) is 0. The maximum absolute atomic E-state index is 10.9. The summed E-state index contributed by atoms with van der Waals surface area (Å²) in [7, 11) is 0. The number of thioether (sulfide) groups is 2. The van der Waals surface area contributed by atoms with Crippen LogP contribution in [0.25, 0.3) is 5.57 Å². The molecule has 0 fully saturated rings. The van der Waals surface area contributed by atoms with Crippen LogP contribution in [0, 0.1) is 0 Å². The first-order valence-corrected chi connectivity index (χ1v) is 7.15. The smallest absolute Gasteiger partial charge is 0.158 e. The zero-order chi connectivity index (χ0) is 13.0. The average Bonchev–Trinajstić information content (AvgIpc) is 2.84. The summed E-state index contributed by atoms with van der Waals surface area (Å²) < 4.78 is 0.875. The molecule has 2 rings (SSSR count). The van der Waals surface area contributed by atoms with Gasteiger partial charge in [0, 0.05) is 10.9 Å². The molecule has 1 aliphatic rings. The summed E-state index contributed by atoms with van der Waals surface area (Å²) in [6.07, 6.45) is 1.42. The fraction of sp³-hybridized carbons (Fsp3) is 0. The molecule has 0 amide bonds. The highest BCUT2D eigenvalue weighted by atomic mass is 32.2. The van der Waals surface area contributed by atoms with E-state index in [4.69, 9.17) is 12.2 Å². The van der Waals surface area contributed by atoms with E-state index in [0.29, 0.717) is 22.4 Å². The maximum atomic E-state index is 10.9. The molecule has 1 heterocycles. The summed E-state index contributed by atoms with van der Waals surface area (Å²) in [4.78, 5) is 22.6. The Morgan fingerprint density at radius 2 is 1.56 bits per heavy atom. The third kappa shape index (κ3) is 2.63. The lowest BCUT2D eigenvalue weighted by molar-refractivity contribution is -0.106. The van der Waals surface area contributed by atoms with Crippen molar-refractivity contribution in [2.24, 2.45) is 0 Å². The van der Waals surface area contributed by atoms with Gasteiger partial charge in [-0.05, 0) is 5.56 Å². The van der Waals surface area contributed by atoms with Crippen LogP contribution in [0.4, 0.5) is 0 Å². The molecular weight excluding hydrogens is 284 g/mol. The Morgan fingerprint density at radius 1 is 1.00 bits per heavy atom. The number of rotatable bonds is 4. The zero-order valence-electron chi connectivity index (χ0n) is 9.16. The minimum Gasteiger partial charge on any atom is -0.297 e. The van der Waals surface area contributed by atoms with Gasteiger partial charge in [0.25, 0.3) is 0 Å². The van der Waals surface area contributed by atoms with Gasteiger partial charge in [-0.3, -0.25) is 9.59 Å². The van der Waals surface area contributed by atoms with Gasteiger partial charge in [-0.2, -0.15) is 0 Å². The van der Waals surface area contributed by atoms with E-state index in [2.05, 4.69) is 0 Å². The van der Waals surface area contributed by atoms with Gasteiger partial charge in [-0.1, -0.05) is 66.1 Å². The second kappa shape index (κ2) is 6.13.